The molecule has 0 fully saturated rings. The number of rotatable bonds is 6. The van der Waals surface area contributed by atoms with Gasteiger partial charge in [-0.05, 0) is 45.4 Å². The molecule has 0 radical (unpaired) electrons. The molecule has 0 spiro atoms. The third kappa shape index (κ3) is 8.04. The first-order chi connectivity index (χ1) is 10.7. The highest BCUT2D eigenvalue weighted by atomic mass is 19.1. The molecule has 0 aromatic heterocycles. The van der Waals surface area contributed by atoms with Gasteiger partial charge in [-0.25, -0.2) is 9.18 Å². The highest BCUT2D eigenvalue weighted by Crippen LogP contribution is 2.19. The van der Waals surface area contributed by atoms with Crippen LogP contribution in [0, 0.1) is 5.82 Å². The smallest absolute Gasteiger partial charge is 0.407 e. The first-order valence-electron chi connectivity index (χ1n) is 7.45. The Morgan fingerprint density at radius 2 is 1.91 bits per heavy atom. The molecule has 0 saturated carbocycles. The average Bonchev–Trinajstić information content (AvgIpc) is 2.39. The lowest BCUT2D eigenvalue weighted by molar-refractivity contribution is -0.114. The molecule has 128 valence electrons. The van der Waals surface area contributed by atoms with Crippen molar-refractivity contribution in [3.63, 3.8) is 0 Å². The fourth-order valence-electron chi connectivity index (χ4n) is 1.76. The molecule has 3 N–H and O–H groups in total. The van der Waals surface area contributed by atoms with Crippen molar-refractivity contribution in [1.29, 1.82) is 0 Å². The molecule has 0 heterocycles. The van der Waals surface area contributed by atoms with E-state index >= 15 is 0 Å². The minimum absolute atomic E-state index is 0.218. The van der Waals surface area contributed by atoms with Gasteiger partial charge in [-0.15, -0.1) is 0 Å². The van der Waals surface area contributed by atoms with Gasteiger partial charge in [-0.3, -0.25) is 4.79 Å². The summed E-state index contributed by atoms with van der Waals surface area (Å²) in [7, 11) is 0. The molecule has 7 heteroatoms. The van der Waals surface area contributed by atoms with Gasteiger partial charge in [0.05, 0.1) is 5.69 Å². The zero-order valence-corrected chi connectivity index (χ0v) is 14.0. The van der Waals surface area contributed by atoms with Crippen LogP contribution in [0.4, 0.5) is 20.6 Å². The van der Waals surface area contributed by atoms with Crippen molar-refractivity contribution in [1.82, 2.24) is 5.32 Å². The summed E-state index contributed by atoms with van der Waals surface area (Å²) in [6.07, 6.45) is 0.125. The number of alkyl carbamates (subject to hydrolysis) is 1. The Balaban J connectivity index is 2.35. The van der Waals surface area contributed by atoms with Crippen molar-refractivity contribution in [2.24, 2.45) is 0 Å². The Hall–Kier alpha value is -2.31. The minimum atomic E-state index is -0.532. The lowest BCUT2D eigenvalue weighted by atomic mass is 10.2. The van der Waals surface area contributed by atoms with Gasteiger partial charge in [0.25, 0.3) is 0 Å². The van der Waals surface area contributed by atoms with Crippen LogP contribution in [0.5, 0.6) is 0 Å². The predicted octanol–water partition coefficient (Wildman–Crippen LogP) is 3.11. The number of hydrogen-bond donors (Lipinski definition) is 3. The van der Waals surface area contributed by atoms with Gasteiger partial charge < -0.3 is 20.7 Å². The number of anilines is 2. The summed E-state index contributed by atoms with van der Waals surface area (Å²) in [5.74, 6) is -0.622. The number of hydrogen-bond acceptors (Lipinski definition) is 4. The van der Waals surface area contributed by atoms with Gasteiger partial charge in [0.2, 0.25) is 5.91 Å². The van der Waals surface area contributed by atoms with Crippen LogP contribution in [0.1, 0.15) is 34.1 Å². The second-order valence-electron chi connectivity index (χ2n) is 6.08. The number of ether oxygens (including phenoxy) is 1. The maximum Gasteiger partial charge on any atom is 0.407 e. The summed E-state index contributed by atoms with van der Waals surface area (Å²) in [5.41, 5.74) is 0.289. The van der Waals surface area contributed by atoms with Crippen LogP contribution >= 0.6 is 0 Å². The summed E-state index contributed by atoms with van der Waals surface area (Å²) in [5, 5.41) is 8.15. The topological polar surface area (TPSA) is 79.5 Å². The van der Waals surface area contributed by atoms with E-state index < -0.39 is 17.5 Å². The van der Waals surface area contributed by atoms with E-state index in [-0.39, 0.29) is 5.91 Å². The fourth-order valence-corrected chi connectivity index (χ4v) is 1.76. The lowest BCUT2D eigenvalue weighted by Crippen LogP contribution is -2.33. The summed E-state index contributed by atoms with van der Waals surface area (Å²) in [4.78, 5) is 22.4. The molecule has 23 heavy (non-hydrogen) atoms. The predicted molar refractivity (Wildman–Crippen MR) is 88.0 cm³/mol. The Kier molecular flexibility index (Phi) is 6.81. The number of carbonyl (C=O) groups excluding carboxylic acids is 2. The highest BCUT2D eigenvalue weighted by Gasteiger charge is 2.15. The van der Waals surface area contributed by atoms with E-state index in [1.807, 2.05) is 0 Å². The molecule has 1 rings (SSSR count). The zero-order valence-electron chi connectivity index (χ0n) is 14.0. The van der Waals surface area contributed by atoms with Crippen LogP contribution in [-0.2, 0) is 9.53 Å². The first kappa shape index (κ1) is 18.7. The molecule has 0 saturated heterocycles. The third-order valence-electron chi connectivity index (χ3n) is 2.62. The van der Waals surface area contributed by atoms with Crippen LogP contribution in [0.25, 0.3) is 0 Å². The Morgan fingerprint density at radius 3 is 2.52 bits per heavy atom. The lowest BCUT2D eigenvalue weighted by Gasteiger charge is -2.19. The highest BCUT2D eigenvalue weighted by molar-refractivity contribution is 5.89. The van der Waals surface area contributed by atoms with Gasteiger partial charge in [0, 0.05) is 25.7 Å². The SMILES string of the molecule is CC(=O)Nc1ccc(F)c(NCCCNC(=O)OC(C)(C)C)c1. The summed E-state index contributed by atoms with van der Waals surface area (Å²) in [6, 6.07) is 4.30. The molecule has 0 bridgehead atoms. The maximum atomic E-state index is 13.7. The van der Waals surface area contributed by atoms with E-state index in [4.69, 9.17) is 4.74 Å². The van der Waals surface area contributed by atoms with E-state index in [0.29, 0.717) is 30.9 Å². The van der Waals surface area contributed by atoms with Gasteiger partial charge in [0.15, 0.2) is 0 Å². The van der Waals surface area contributed by atoms with Crippen LogP contribution in [0.3, 0.4) is 0 Å². The number of nitrogens with one attached hydrogen (secondary N) is 3. The van der Waals surface area contributed by atoms with Crippen LogP contribution in [0.2, 0.25) is 0 Å². The minimum Gasteiger partial charge on any atom is -0.444 e. The van der Waals surface area contributed by atoms with Crippen molar-refractivity contribution in [3.8, 4) is 0 Å². The molecular weight excluding hydrogens is 301 g/mol. The molecule has 0 aliphatic rings. The summed E-state index contributed by atoms with van der Waals surface area (Å²) in [6.45, 7) is 7.64. The van der Waals surface area contributed by atoms with E-state index in [2.05, 4.69) is 16.0 Å². The standard InChI is InChI=1S/C16H24FN3O3/c1-11(21)20-12-6-7-13(17)14(10-12)18-8-5-9-19-15(22)23-16(2,3)4/h6-7,10,18H,5,8-9H2,1-4H3,(H,19,22)(H,20,21). The number of benzene rings is 1. The van der Waals surface area contributed by atoms with Gasteiger partial charge in [-0.2, -0.15) is 0 Å². The van der Waals surface area contributed by atoms with Gasteiger partial charge in [0.1, 0.15) is 11.4 Å². The third-order valence-corrected chi connectivity index (χ3v) is 2.62. The molecule has 0 unspecified atom stereocenters. The normalized spacial score (nSPS) is 10.8. The van der Waals surface area contributed by atoms with Gasteiger partial charge in [-0.1, -0.05) is 0 Å². The number of amides is 2. The van der Waals surface area contributed by atoms with E-state index in [9.17, 15) is 14.0 Å². The Morgan fingerprint density at radius 1 is 1.22 bits per heavy atom. The second-order valence-corrected chi connectivity index (χ2v) is 6.08. The zero-order chi connectivity index (χ0) is 17.5. The van der Waals surface area contributed by atoms with Crippen molar-refractivity contribution in [2.45, 2.75) is 39.7 Å². The molecular formula is C16H24FN3O3. The molecule has 1 aromatic rings. The Bertz CT molecular complexity index is 556. The van der Waals surface area contributed by atoms with Crippen LogP contribution in [0.15, 0.2) is 18.2 Å². The average molecular weight is 325 g/mol. The largest absolute Gasteiger partial charge is 0.444 e. The molecule has 1 aromatic carbocycles. The first-order valence-corrected chi connectivity index (χ1v) is 7.45. The number of halogens is 1. The molecule has 2 amide bonds. The maximum absolute atomic E-state index is 13.7. The van der Waals surface area contributed by atoms with E-state index in [1.165, 1.54) is 25.1 Å². The van der Waals surface area contributed by atoms with Crippen LogP contribution in [-0.4, -0.2) is 30.7 Å². The van der Waals surface area contributed by atoms with Crippen LogP contribution < -0.4 is 16.0 Å². The monoisotopic (exact) mass is 325 g/mol. The summed E-state index contributed by atoms with van der Waals surface area (Å²) >= 11 is 0. The summed E-state index contributed by atoms with van der Waals surface area (Å²) < 4.78 is 18.8. The van der Waals surface area contributed by atoms with E-state index in [0.717, 1.165) is 0 Å². The fraction of sp³-hybridized carbons (Fsp3) is 0.500. The molecule has 6 nitrogen and oxygen atoms in total. The van der Waals surface area contributed by atoms with Crippen molar-refractivity contribution in [3.05, 3.63) is 24.0 Å². The quantitative estimate of drug-likeness (QED) is 0.702. The van der Waals surface area contributed by atoms with Crippen molar-refractivity contribution in [2.75, 3.05) is 23.7 Å². The molecule has 0 atom stereocenters. The molecule has 0 aliphatic heterocycles. The number of carbonyl (C=O) groups is 2. The van der Waals surface area contributed by atoms with Gasteiger partial charge >= 0.3 is 6.09 Å². The van der Waals surface area contributed by atoms with Crippen molar-refractivity contribution < 1.29 is 18.7 Å². The van der Waals surface area contributed by atoms with Crippen molar-refractivity contribution >= 4 is 23.4 Å². The van der Waals surface area contributed by atoms with E-state index in [1.54, 1.807) is 20.8 Å². The molecule has 0 aliphatic carbocycles. The second kappa shape index (κ2) is 8.36. The Labute approximate surface area is 135 Å².